The van der Waals surface area contributed by atoms with Crippen molar-refractivity contribution < 1.29 is 8.42 Å². The third kappa shape index (κ3) is 4.81. The summed E-state index contributed by atoms with van der Waals surface area (Å²) >= 11 is 5.77. The summed E-state index contributed by atoms with van der Waals surface area (Å²) in [5.41, 5.74) is 2.59. The second kappa shape index (κ2) is 7.68. The summed E-state index contributed by atoms with van der Waals surface area (Å²) in [4.78, 5) is 4.37. The second-order valence-corrected chi connectivity index (χ2v) is 7.99. The fraction of sp³-hybridized carbons (Fsp3) is 0.105. The van der Waals surface area contributed by atoms with Gasteiger partial charge in [0, 0.05) is 18.4 Å². The molecule has 3 aromatic rings. The first kappa shape index (κ1) is 17.5. The molecular weight excluding hydrogens is 356 g/mol. The zero-order chi connectivity index (χ0) is 17.7. The quantitative estimate of drug-likeness (QED) is 0.654. The van der Waals surface area contributed by atoms with Crippen LogP contribution in [0.2, 0.25) is 5.15 Å². The molecule has 3 rings (SSSR count). The van der Waals surface area contributed by atoms with Crippen LogP contribution in [0.25, 0.3) is 0 Å². The second-order valence-electron chi connectivity index (χ2n) is 5.62. The van der Waals surface area contributed by atoms with E-state index in [9.17, 15) is 8.42 Å². The van der Waals surface area contributed by atoms with E-state index in [-0.39, 0.29) is 5.75 Å². The van der Waals surface area contributed by atoms with E-state index in [1.54, 1.807) is 42.6 Å². The van der Waals surface area contributed by atoms with Crippen LogP contribution in [0.4, 0.5) is 5.69 Å². The Bertz CT molecular complexity index is 943. The molecule has 0 atom stereocenters. The van der Waals surface area contributed by atoms with Gasteiger partial charge in [-0.15, -0.1) is 0 Å². The van der Waals surface area contributed by atoms with Gasteiger partial charge >= 0.3 is 0 Å². The Balaban J connectivity index is 1.70. The summed E-state index contributed by atoms with van der Waals surface area (Å²) in [5.74, 6) is -0.0327. The van der Waals surface area contributed by atoms with Gasteiger partial charge in [-0.25, -0.2) is 13.4 Å². The summed E-state index contributed by atoms with van der Waals surface area (Å²) in [7, 11) is -3.35. The Morgan fingerprint density at radius 2 is 1.72 bits per heavy atom. The van der Waals surface area contributed by atoms with Crippen LogP contribution in [0.5, 0.6) is 0 Å². The number of halogens is 1. The molecule has 0 bridgehead atoms. The van der Waals surface area contributed by atoms with Crippen molar-refractivity contribution in [1.82, 2.24) is 4.98 Å². The summed E-state index contributed by atoms with van der Waals surface area (Å²) in [6.07, 6.45) is 1.71. The first-order valence-corrected chi connectivity index (χ1v) is 9.77. The molecule has 25 heavy (non-hydrogen) atoms. The lowest BCUT2D eigenvalue weighted by atomic mass is 10.2. The van der Waals surface area contributed by atoms with Crippen LogP contribution >= 0.6 is 11.6 Å². The number of nitrogens with one attached hydrogen (secondary N) is 1. The molecule has 0 aliphatic heterocycles. The van der Waals surface area contributed by atoms with Crippen LogP contribution in [0, 0.1) is 0 Å². The molecule has 1 N–H and O–H groups in total. The number of hydrogen-bond acceptors (Lipinski definition) is 4. The molecule has 0 fully saturated rings. The van der Waals surface area contributed by atoms with Crippen molar-refractivity contribution >= 4 is 27.1 Å². The van der Waals surface area contributed by atoms with E-state index in [4.69, 9.17) is 11.6 Å². The number of benzene rings is 2. The van der Waals surface area contributed by atoms with Crippen molar-refractivity contribution in [3.05, 3.63) is 89.2 Å². The molecule has 0 saturated carbocycles. The van der Waals surface area contributed by atoms with Crippen LogP contribution in [-0.4, -0.2) is 13.4 Å². The fourth-order valence-corrected chi connectivity index (χ4v) is 3.89. The van der Waals surface area contributed by atoms with E-state index in [1.165, 1.54) is 0 Å². The molecule has 0 unspecified atom stereocenters. The van der Waals surface area contributed by atoms with Crippen LogP contribution in [0.1, 0.15) is 11.1 Å². The molecule has 0 radical (unpaired) electrons. The van der Waals surface area contributed by atoms with Gasteiger partial charge < -0.3 is 5.32 Å². The summed E-state index contributed by atoms with van der Waals surface area (Å²) in [6, 6.07) is 19.5. The van der Waals surface area contributed by atoms with Gasteiger partial charge in [-0.1, -0.05) is 48.0 Å². The van der Waals surface area contributed by atoms with Gasteiger partial charge in [0.1, 0.15) is 5.15 Å². The van der Waals surface area contributed by atoms with Crippen molar-refractivity contribution in [1.29, 1.82) is 0 Å². The smallest absolute Gasteiger partial charge is 0.182 e. The molecule has 128 valence electrons. The number of rotatable bonds is 6. The third-order valence-electron chi connectivity index (χ3n) is 3.67. The van der Waals surface area contributed by atoms with E-state index >= 15 is 0 Å². The van der Waals surface area contributed by atoms with Crippen LogP contribution in [0.3, 0.4) is 0 Å². The van der Waals surface area contributed by atoms with E-state index in [2.05, 4.69) is 10.3 Å². The van der Waals surface area contributed by atoms with Gasteiger partial charge in [-0.2, -0.15) is 0 Å². The predicted molar refractivity (Wildman–Crippen MR) is 100 cm³/mol. The van der Waals surface area contributed by atoms with Crippen LogP contribution < -0.4 is 5.32 Å². The maximum atomic E-state index is 12.5. The molecule has 2 aromatic carbocycles. The molecule has 4 nitrogen and oxygen atoms in total. The highest BCUT2D eigenvalue weighted by Gasteiger charge is 2.14. The SMILES string of the molecule is O=S(=O)(Cc1cccc(NCc2ccc(Cl)nc2)c1)c1ccccc1. The molecular formula is C19H17ClN2O2S. The van der Waals surface area contributed by atoms with Gasteiger partial charge in [0.05, 0.1) is 10.6 Å². The highest BCUT2D eigenvalue weighted by atomic mass is 35.5. The number of hydrogen-bond donors (Lipinski definition) is 1. The largest absolute Gasteiger partial charge is 0.381 e. The molecule has 0 saturated heterocycles. The third-order valence-corrected chi connectivity index (χ3v) is 5.60. The molecule has 0 aliphatic carbocycles. The number of nitrogens with zero attached hydrogens (tertiary/aromatic N) is 1. The molecule has 1 heterocycles. The standard InChI is InChI=1S/C19H17ClN2O2S/c20-19-10-9-16(13-22-19)12-21-17-6-4-5-15(11-17)14-25(23,24)18-7-2-1-3-8-18/h1-11,13,21H,12,14H2. The molecule has 6 heteroatoms. The van der Waals surface area contributed by atoms with Gasteiger partial charge in [0.15, 0.2) is 9.84 Å². The highest BCUT2D eigenvalue weighted by molar-refractivity contribution is 7.90. The normalized spacial score (nSPS) is 11.2. The maximum absolute atomic E-state index is 12.5. The average molecular weight is 373 g/mol. The average Bonchev–Trinajstić information content (AvgIpc) is 2.62. The Morgan fingerprint density at radius 3 is 2.44 bits per heavy atom. The zero-order valence-electron chi connectivity index (χ0n) is 13.4. The lowest BCUT2D eigenvalue weighted by Gasteiger charge is -2.09. The lowest BCUT2D eigenvalue weighted by Crippen LogP contribution is -2.05. The number of aromatic nitrogens is 1. The van der Waals surface area contributed by atoms with Crippen molar-refractivity contribution in [3.63, 3.8) is 0 Å². The topological polar surface area (TPSA) is 59.1 Å². The Hall–Kier alpha value is -2.37. The number of sulfone groups is 1. The number of anilines is 1. The summed E-state index contributed by atoms with van der Waals surface area (Å²) in [6.45, 7) is 0.582. The monoisotopic (exact) mass is 372 g/mol. The predicted octanol–water partition coefficient (Wildman–Crippen LogP) is 4.32. The van der Waals surface area contributed by atoms with Crippen molar-refractivity contribution in [2.24, 2.45) is 0 Å². The van der Waals surface area contributed by atoms with Gasteiger partial charge in [-0.3, -0.25) is 0 Å². The first-order valence-electron chi connectivity index (χ1n) is 7.74. The molecule has 0 amide bonds. The van der Waals surface area contributed by atoms with Crippen molar-refractivity contribution in [2.75, 3.05) is 5.32 Å². The summed E-state index contributed by atoms with van der Waals surface area (Å²) in [5, 5.41) is 3.72. The van der Waals surface area contributed by atoms with E-state index in [0.29, 0.717) is 16.6 Å². The fourth-order valence-electron chi connectivity index (χ4n) is 2.42. The Morgan fingerprint density at radius 1 is 0.920 bits per heavy atom. The maximum Gasteiger partial charge on any atom is 0.182 e. The zero-order valence-corrected chi connectivity index (χ0v) is 15.0. The highest BCUT2D eigenvalue weighted by Crippen LogP contribution is 2.19. The number of pyridine rings is 1. The lowest BCUT2D eigenvalue weighted by molar-refractivity contribution is 0.595. The minimum atomic E-state index is -3.35. The summed E-state index contributed by atoms with van der Waals surface area (Å²) < 4.78 is 25.0. The Kier molecular flexibility index (Phi) is 5.36. The van der Waals surface area contributed by atoms with E-state index < -0.39 is 9.84 Å². The van der Waals surface area contributed by atoms with Crippen molar-refractivity contribution in [3.8, 4) is 0 Å². The van der Waals surface area contributed by atoms with Crippen molar-refractivity contribution in [2.45, 2.75) is 17.2 Å². The Labute approximate surface area is 152 Å². The van der Waals surface area contributed by atoms with Gasteiger partial charge in [0.25, 0.3) is 0 Å². The van der Waals surface area contributed by atoms with Crippen LogP contribution in [0.15, 0.2) is 77.8 Å². The van der Waals surface area contributed by atoms with Crippen LogP contribution in [-0.2, 0) is 22.1 Å². The molecule has 0 spiro atoms. The minimum Gasteiger partial charge on any atom is -0.381 e. The van der Waals surface area contributed by atoms with E-state index in [1.807, 2.05) is 30.3 Å². The minimum absolute atomic E-state index is 0.0327. The van der Waals surface area contributed by atoms with Gasteiger partial charge in [-0.05, 0) is 41.5 Å². The van der Waals surface area contributed by atoms with Gasteiger partial charge in [0.2, 0.25) is 0 Å². The molecule has 0 aliphatic rings. The van der Waals surface area contributed by atoms with E-state index in [0.717, 1.165) is 16.8 Å². The first-order chi connectivity index (χ1) is 12.0. The molecule has 1 aromatic heterocycles.